The van der Waals surface area contributed by atoms with Crippen LogP contribution in [0, 0.1) is 0 Å². The minimum atomic E-state index is -0.940. The molecule has 5 N–H and O–H groups in total. The predicted octanol–water partition coefficient (Wildman–Crippen LogP) is 3.86. The molecule has 4 aromatic rings. The zero-order valence-corrected chi connectivity index (χ0v) is 22.2. The monoisotopic (exact) mass is 542 g/mol. The Bertz CT molecular complexity index is 1500. The van der Waals surface area contributed by atoms with E-state index in [1.54, 1.807) is 6.20 Å². The molecule has 1 fully saturated rings. The molecule has 1 atom stereocenters. The van der Waals surface area contributed by atoms with Crippen molar-refractivity contribution in [2.45, 2.75) is 44.2 Å². The van der Waals surface area contributed by atoms with Crippen LogP contribution in [0.1, 0.15) is 63.0 Å². The summed E-state index contributed by atoms with van der Waals surface area (Å²) < 4.78 is 4.02. The number of nitrogens with zero attached hydrogens (tertiary/aromatic N) is 3. The number of primary amides is 1. The number of fused-ring (bicyclic) bond motifs is 1. The fourth-order valence-electron chi connectivity index (χ4n) is 5.09. The molecular weight excluding hydrogens is 512 g/mol. The lowest BCUT2D eigenvalue weighted by atomic mass is 10.00. The number of nitrogens with two attached hydrogens (primary N) is 2. The van der Waals surface area contributed by atoms with Crippen molar-refractivity contribution in [3.05, 3.63) is 88.6 Å². The molecule has 0 unspecified atom stereocenters. The summed E-state index contributed by atoms with van der Waals surface area (Å²) in [5.41, 5.74) is 13.8. The van der Waals surface area contributed by atoms with Gasteiger partial charge in [-0.2, -0.15) is 4.37 Å². The molecular formula is C29H30N6O3S. The van der Waals surface area contributed by atoms with Crippen LogP contribution in [0.2, 0.25) is 0 Å². The largest absolute Gasteiger partial charge is 0.395 e. The van der Waals surface area contributed by atoms with Gasteiger partial charge in [0.2, 0.25) is 5.91 Å². The summed E-state index contributed by atoms with van der Waals surface area (Å²) >= 11 is 0.814. The van der Waals surface area contributed by atoms with Crippen molar-refractivity contribution in [1.29, 1.82) is 0 Å². The van der Waals surface area contributed by atoms with Gasteiger partial charge in [0.1, 0.15) is 10.9 Å². The van der Waals surface area contributed by atoms with Crippen LogP contribution in [0.5, 0.6) is 0 Å². The Morgan fingerprint density at radius 3 is 2.54 bits per heavy atom. The highest BCUT2D eigenvalue weighted by molar-refractivity contribution is 7.09. The molecule has 9 nitrogen and oxygen atoms in total. The number of rotatable bonds is 9. The van der Waals surface area contributed by atoms with E-state index in [2.05, 4.69) is 14.7 Å². The summed E-state index contributed by atoms with van der Waals surface area (Å²) in [4.78, 5) is 45.9. The highest BCUT2D eigenvalue weighted by Crippen LogP contribution is 2.31. The summed E-state index contributed by atoms with van der Waals surface area (Å²) in [6, 6.07) is 18.2. The van der Waals surface area contributed by atoms with Crippen LogP contribution < -0.4 is 16.8 Å². The normalized spacial score (nSPS) is 14.3. The lowest BCUT2D eigenvalue weighted by Crippen LogP contribution is -2.46. The first-order chi connectivity index (χ1) is 18.9. The van der Waals surface area contributed by atoms with Crippen molar-refractivity contribution in [3.8, 4) is 0 Å². The Balaban J connectivity index is 1.58. The number of carbonyl (C=O) groups is 3. The summed E-state index contributed by atoms with van der Waals surface area (Å²) in [6.45, 7) is 0.236. The molecule has 1 aliphatic rings. The van der Waals surface area contributed by atoms with Gasteiger partial charge in [0.05, 0.1) is 11.2 Å². The summed E-state index contributed by atoms with van der Waals surface area (Å²) in [7, 11) is 0. The maximum atomic E-state index is 14.1. The first-order valence-corrected chi connectivity index (χ1v) is 13.7. The van der Waals surface area contributed by atoms with Crippen LogP contribution >= 0.6 is 11.5 Å². The molecule has 0 radical (unpaired) electrons. The highest BCUT2D eigenvalue weighted by atomic mass is 32.1. The second-order valence-electron chi connectivity index (χ2n) is 9.72. The van der Waals surface area contributed by atoms with Gasteiger partial charge in [0.25, 0.3) is 11.8 Å². The second-order valence-corrected chi connectivity index (χ2v) is 10.5. The van der Waals surface area contributed by atoms with Crippen molar-refractivity contribution in [1.82, 2.24) is 19.6 Å². The Morgan fingerprint density at radius 2 is 1.82 bits per heavy atom. The van der Waals surface area contributed by atoms with Crippen LogP contribution in [0.3, 0.4) is 0 Å². The van der Waals surface area contributed by atoms with Gasteiger partial charge < -0.3 is 21.7 Å². The van der Waals surface area contributed by atoms with Crippen LogP contribution in [-0.2, 0) is 11.2 Å². The van der Waals surface area contributed by atoms with Crippen molar-refractivity contribution in [3.63, 3.8) is 0 Å². The minimum Gasteiger partial charge on any atom is -0.395 e. The highest BCUT2D eigenvalue weighted by Gasteiger charge is 2.36. The maximum absolute atomic E-state index is 14.1. The molecule has 3 amide bonds. The van der Waals surface area contributed by atoms with Crippen LogP contribution in [0.4, 0.5) is 5.69 Å². The SMILES string of the molecule is NC(=O)c1nsc(C(=O)N(CCc2ccccc2)[C@@H](C(=O)NC2CCCC2)c2ccc3ncccc3c2)c1N. The van der Waals surface area contributed by atoms with Crippen molar-refractivity contribution in [2.75, 3.05) is 12.3 Å². The number of amides is 3. The molecule has 0 bridgehead atoms. The Kier molecular flexibility index (Phi) is 7.83. The number of nitrogens with one attached hydrogen (secondary N) is 1. The number of pyridine rings is 1. The molecule has 2 aromatic heterocycles. The van der Waals surface area contributed by atoms with Gasteiger partial charge in [-0.1, -0.05) is 55.3 Å². The molecule has 0 aliphatic heterocycles. The van der Waals surface area contributed by atoms with Gasteiger partial charge in [-0.05, 0) is 60.1 Å². The van der Waals surface area contributed by atoms with Crippen molar-refractivity contribution >= 4 is 45.8 Å². The van der Waals surface area contributed by atoms with E-state index in [4.69, 9.17) is 11.5 Å². The average molecular weight is 543 g/mol. The van der Waals surface area contributed by atoms with E-state index in [1.165, 1.54) is 4.90 Å². The topological polar surface area (TPSA) is 144 Å². The van der Waals surface area contributed by atoms with Gasteiger partial charge in [0.15, 0.2) is 5.69 Å². The second kappa shape index (κ2) is 11.6. The molecule has 2 heterocycles. The first kappa shape index (κ1) is 26.3. The molecule has 2 aromatic carbocycles. The van der Waals surface area contributed by atoms with Gasteiger partial charge >= 0.3 is 0 Å². The smallest absolute Gasteiger partial charge is 0.270 e. The fourth-order valence-corrected chi connectivity index (χ4v) is 5.85. The molecule has 1 aliphatic carbocycles. The van der Waals surface area contributed by atoms with Crippen LogP contribution in [0.25, 0.3) is 10.9 Å². The van der Waals surface area contributed by atoms with Crippen LogP contribution in [0.15, 0.2) is 66.9 Å². The number of anilines is 1. The summed E-state index contributed by atoms with van der Waals surface area (Å²) in [5, 5.41) is 4.04. The number of aromatic nitrogens is 2. The summed E-state index contributed by atoms with van der Waals surface area (Å²) in [6.07, 6.45) is 6.15. The number of hydrogen-bond donors (Lipinski definition) is 3. The van der Waals surface area contributed by atoms with E-state index in [-0.39, 0.29) is 34.8 Å². The van der Waals surface area contributed by atoms with Gasteiger partial charge in [0, 0.05) is 24.2 Å². The van der Waals surface area contributed by atoms with Gasteiger partial charge in [-0.3, -0.25) is 19.4 Å². The Morgan fingerprint density at radius 1 is 1.05 bits per heavy atom. The zero-order chi connectivity index (χ0) is 27.4. The molecule has 39 heavy (non-hydrogen) atoms. The lowest BCUT2D eigenvalue weighted by molar-refractivity contribution is -0.126. The van der Waals surface area contributed by atoms with Gasteiger partial charge in [-0.25, -0.2) is 0 Å². The van der Waals surface area contributed by atoms with E-state index >= 15 is 0 Å². The fraction of sp³-hybridized carbons (Fsp3) is 0.276. The first-order valence-electron chi connectivity index (χ1n) is 13.0. The maximum Gasteiger partial charge on any atom is 0.270 e. The quantitative estimate of drug-likeness (QED) is 0.293. The third-order valence-corrected chi connectivity index (χ3v) is 7.96. The Hall–Kier alpha value is -4.31. The van der Waals surface area contributed by atoms with E-state index in [0.29, 0.717) is 12.0 Å². The third-order valence-electron chi connectivity index (χ3n) is 7.11. The number of benzene rings is 2. The average Bonchev–Trinajstić information content (AvgIpc) is 3.60. The number of hydrogen-bond acceptors (Lipinski definition) is 7. The van der Waals surface area contributed by atoms with E-state index in [9.17, 15) is 14.4 Å². The molecule has 1 saturated carbocycles. The molecule has 10 heteroatoms. The molecule has 5 rings (SSSR count). The number of nitrogen functional groups attached to an aromatic ring is 1. The third kappa shape index (κ3) is 5.75. The van der Waals surface area contributed by atoms with E-state index in [1.807, 2.05) is 60.7 Å². The molecule has 0 spiro atoms. The minimum absolute atomic E-state index is 0.0585. The molecule has 200 valence electrons. The van der Waals surface area contributed by atoms with E-state index < -0.39 is 17.9 Å². The van der Waals surface area contributed by atoms with Crippen LogP contribution in [-0.4, -0.2) is 44.6 Å². The predicted molar refractivity (Wildman–Crippen MR) is 151 cm³/mol. The standard InChI is InChI=1S/C29H30N6O3S/c30-23-24(27(31)36)34-39-26(23)29(38)35(16-14-18-7-2-1-3-8-18)25(28(37)33-21-10-4-5-11-21)20-12-13-22-19(17-20)9-6-15-32-22/h1-3,6-9,12-13,15,17,21,25H,4-5,10-11,14,16,30H2,(H2,31,36)(H,33,37)/t25-/m1/s1. The number of carbonyl (C=O) groups excluding carboxylic acids is 3. The zero-order valence-electron chi connectivity index (χ0n) is 21.4. The van der Waals surface area contributed by atoms with Crippen molar-refractivity contribution in [2.24, 2.45) is 5.73 Å². The van der Waals surface area contributed by atoms with Gasteiger partial charge in [-0.15, -0.1) is 0 Å². The van der Waals surface area contributed by atoms with E-state index in [0.717, 1.165) is 53.7 Å². The van der Waals surface area contributed by atoms with Crippen molar-refractivity contribution < 1.29 is 14.4 Å². The Labute approximate surface area is 230 Å². The summed E-state index contributed by atoms with van der Waals surface area (Å²) in [5.74, 6) is -1.55. The lowest BCUT2D eigenvalue weighted by Gasteiger charge is -2.32. The molecule has 0 saturated heterocycles.